The van der Waals surface area contributed by atoms with Gasteiger partial charge in [-0.25, -0.2) is 13.4 Å². The first-order valence-electron chi connectivity index (χ1n) is 11.6. The summed E-state index contributed by atoms with van der Waals surface area (Å²) in [4.78, 5) is 17.9. The maximum atomic E-state index is 13.5. The zero-order valence-corrected chi connectivity index (χ0v) is 21.7. The van der Waals surface area contributed by atoms with Crippen LogP contribution in [-0.4, -0.2) is 24.6 Å². The van der Waals surface area contributed by atoms with Crippen molar-refractivity contribution >= 4 is 54.0 Å². The van der Waals surface area contributed by atoms with Gasteiger partial charge in [-0.15, -0.1) is 0 Å². The molecule has 1 atom stereocenters. The van der Waals surface area contributed by atoms with Crippen LogP contribution in [0.5, 0.6) is 0 Å². The van der Waals surface area contributed by atoms with Crippen molar-refractivity contribution in [3.63, 3.8) is 0 Å². The van der Waals surface area contributed by atoms with Crippen LogP contribution in [0.3, 0.4) is 0 Å². The van der Waals surface area contributed by atoms with E-state index in [4.69, 9.17) is 5.73 Å². The van der Waals surface area contributed by atoms with E-state index < -0.39 is 15.9 Å². The number of nitrogens with zero attached hydrogens (tertiary/aromatic N) is 1. The molecule has 3 aromatic carbocycles. The Morgan fingerprint density at radius 3 is 2.64 bits per heavy atom. The Bertz CT molecular complexity index is 1550. The van der Waals surface area contributed by atoms with Gasteiger partial charge in [0.2, 0.25) is 5.91 Å². The number of nitrogen functional groups attached to an aromatic ring is 1. The number of anilines is 2. The highest BCUT2D eigenvalue weighted by molar-refractivity contribution is 9.10. The maximum Gasteiger partial charge on any atom is 0.247 e. The molecule has 5 rings (SSSR count). The first kappa shape index (κ1) is 24.3. The fraction of sp³-hybridized carbons (Fsp3) is 0.185. The lowest BCUT2D eigenvalue weighted by atomic mass is 10.0. The number of hydrogen-bond acceptors (Lipinski definition) is 6. The summed E-state index contributed by atoms with van der Waals surface area (Å²) in [7, 11) is -3.38. The average Bonchev–Trinajstić information content (AvgIpc) is 3.72. The highest BCUT2D eigenvalue weighted by Gasteiger charge is 2.38. The molecule has 4 aromatic rings. The van der Waals surface area contributed by atoms with Crippen LogP contribution in [0, 0.1) is 0 Å². The molecule has 4 N–H and O–H groups in total. The molecule has 7 nitrogen and oxygen atoms in total. The lowest BCUT2D eigenvalue weighted by Gasteiger charge is -2.21. The number of pyridine rings is 1. The van der Waals surface area contributed by atoms with Crippen LogP contribution in [0.1, 0.15) is 30.0 Å². The van der Waals surface area contributed by atoms with Crippen molar-refractivity contribution in [1.82, 2.24) is 10.3 Å². The number of carbonyl (C=O) groups is 1. The predicted octanol–water partition coefficient (Wildman–Crippen LogP) is 4.99. The molecule has 1 fully saturated rings. The van der Waals surface area contributed by atoms with E-state index in [2.05, 4.69) is 31.5 Å². The molecular formula is C27H25BrN4O3S. The molecule has 1 aliphatic carbocycles. The third-order valence-corrected chi connectivity index (χ3v) is 9.10. The number of halogens is 1. The standard InChI is InChI=1S/C27H25BrN4O3S/c28-20-6-3-5-18(14-20)25(32-21-8-11-23-17(15-21)12-13-30-26(23)29)27(33)31-16-19-4-1-2-7-24(19)36(34,35)22-9-10-22/h1-8,11-15,22,25,32H,9-10,16H2,(H2,29,30)(H,31,33). The minimum Gasteiger partial charge on any atom is -0.383 e. The molecule has 0 aliphatic heterocycles. The van der Waals surface area contributed by atoms with Gasteiger partial charge in [0.1, 0.15) is 11.9 Å². The molecule has 36 heavy (non-hydrogen) atoms. The maximum absolute atomic E-state index is 13.5. The fourth-order valence-electron chi connectivity index (χ4n) is 4.21. The van der Waals surface area contributed by atoms with Crippen molar-refractivity contribution in [3.8, 4) is 0 Å². The van der Waals surface area contributed by atoms with Crippen LogP contribution < -0.4 is 16.4 Å². The molecule has 1 aromatic heterocycles. The summed E-state index contributed by atoms with van der Waals surface area (Å²) >= 11 is 3.49. The third kappa shape index (κ3) is 5.08. The number of nitrogens with two attached hydrogens (primary N) is 1. The van der Waals surface area contributed by atoms with E-state index in [-0.39, 0.29) is 17.7 Å². The number of nitrogens with one attached hydrogen (secondary N) is 2. The smallest absolute Gasteiger partial charge is 0.247 e. The second-order valence-electron chi connectivity index (χ2n) is 8.83. The lowest BCUT2D eigenvalue weighted by molar-refractivity contribution is -0.122. The number of aromatic nitrogens is 1. The van der Waals surface area contributed by atoms with Crippen LogP contribution in [0.4, 0.5) is 11.5 Å². The second-order valence-corrected chi connectivity index (χ2v) is 11.9. The summed E-state index contributed by atoms with van der Waals surface area (Å²) < 4.78 is 26.6. The molecule has 1 saturated carbocycles. The summed E-state index contributed by atoms with van der Waals surface area (Å²) in [6.45, 7) is 0.104. The zero-order valence-electron chi connectivity index (χ0n) is 19.3. The van der Waals surface area contributed by atoms with Crippen molar-refractivity contribution in [3.05, 3.63) is 94.6 Å². The van der Waals surface area contributed by atoms with Gasteiger partial charge in [0.25, 0.3) is 0 Å². The van der Waals surface area contributed by atoms with E-state index in [0.717, 1.165) is 26.5 Å². The van der Waals surface area contributed by atoms with Crippen LogP contribution in [-0.2, 0) is 21.2 Å². The van der Waals surface area contributed by atoms with E-state index in [9.17, 15) is 13.2 Å². The Hall–Kier alpha value is -3.43. The molecule has 0 spiro atoms. The van der Waals surface area contributed by atoms with Gasteiger partial charge in [0.05, 0.1) is 10.1 Å². The highest BCUT2D eigenvalue weighted by atomic mass is 79.9. The SMILES string of the molecule is Nc1nccc2cc(NC(C(=O)NCc3ccccc3S(=O)(=O)C3CC3)c3cccc(Br)c3)ccc12. The van der Waals surface area contributed by atoms with Crippen molar-refractivity contribution in [2.75, 3.05) is 11.1 Å². The van der Waals surface area contributed by atoms with Crippen LogP contribution in [0.15, 0.2) is 88.4 Å². The molecular weight excluding hydrogens is 540 g/mol. The van der Waals surface area contributed by atoms with Gasteiger partial charge >= 0.3 is 0 Å². The van der Waals surface area contributed by atoms with Crippen molar-refractivity contribution < 1.29 is 13.2 Å². The number of sulfone groups is 1. The molecule has 0 radical (unpaired) electrons. The molecule has 1 unspecified atom stereocenters. The topological polar surface area (TPSA) is 114 Å². The third-order valence-electron chi connectivity index (χ3n) is 6.25. The number of fused-ring (bicyclic) bond motifs is 1. The van der Waals surface area contributed by atoms with E-state index >= 15 is 0 Å². The number of amides is 1. The predicted molar refractivity (Wildman–Crippen MR) is 145 cm³/mol. The quantitative estimate of drug-likeness (QED) is 0.278. The second kappa shape index (κ2) is 9.91. The fourth-order valence-corrected chi connectivity index (χ4v) is 6.52. The van der Waals surface area contributed by atoms with Gasteiger partial charge in [0.15, 0.2) is 9.84 Å². The largest absolute Gasteiger partial charge is 0.383 e. The molecule has 1 amide bonds. The minimum atomic E-state index is -3.38. The normalized spacial score (nSPS) is 14.4. The van der Waals surface area contributed by atoms with Gasteiger partial charge in [0, 0.05) is 28.3 Å². The Balaban J connectivity index is 1.42. The lowest BCUT2D eigenvalue weighted by Crippen LogP contribution is -2.33. The van der Waals surface area contributed by atoms with E-state index in [1.54, 1.807) is 30.5 Å². The Kier molecular flexibility index (Phi) is 6.68. The molecule has 0 saturated heterocycles. The minimum absolute atomic E-state index is 0.104. The molecule has 0 bridgehead atoms. The Morgan fingerprint density at radius 2 is 1.86 bits per heavy atom. The van der Waals surface area contributed by atoms with E-state index in [1.165, 1.54) is 0 Å². The molecule has 1 heterocycles. The first-order valence-corrected chi connectivity index (χ1v) is 13.9. The summed E-state index contributed by atoms with van der Waals surface area (Å²) in [6.07, 6.45) is 3.02. The van der Waals surface area contributed by atoms with Crippen LogP contribution >= 0.6 is 15.9 Å². The average molecular weight is 565 g/mol. The number of hydrogen-bond donors (Lipinski definition) is 3. The summed E-state index contributed by atoms with van der Waals surface area (Å²) in [6, 6.07) is 21.2. The zero-order chi connectivity index (χ0) is 25.3. The van der Waals surface area contributed by atoms with Crippen LogP contribution in [0.25, 0.3) is 10.8 Å². The van der Waals surface area contributed by atoms with Gasteiger partial charge in [-0.1, -0.05) is 46.3 Å². The summed E-state index contributed by atoms with van der Waals surface area (Å²) in [5, 5.41) is 7.69. The van der Waals surface area contributed by atoms with Crippen molar-refractivity contribution in [2.24, 2.45) is 0 Å². The van der Waals surface area contributed by atoms with Gasteiger partial charge in [-0.3, -0.25) is 4.79 Å². The monoisotopic (exact) mass is 564 g/mol. The molecule has 184 valence electrons. The van der Waals surface area contributed by atoms with Crippen molar-refractivity contribution in [1.29, 1.82) is 0 Å². The van der Waals surface area contributed by atoms with E-state index in [1.807, 2.05) is 48.5 Å². The van der Waals surface area contributed by atoms with E-state index in [0.29, 0.717) is 29.1 Å². The molecule has 1 aliphatic rings. The number of carbonyl (C=O) groups excluding carboxylic acids is 1. The summed E-state index contributed by atoms with van der Waals surface area (Å²) in [5.74, 6) is 0.168. The van der Waals surface area contributed by atoms with Gasteiger partial charge < -0.3 is 16.4 Å². The van der Waals surface area contributed by atoms with Crippen molar-refractivity contribution in [2.45, 2.75) is 35.6 Å². The first-order chi connectivity index (χ1) is 17.3. The van der Waals surface area contributed by atoms with Crippen LogP contribution in [0.2, 0.25) is 0 Å². The van der Waals surface area contributed by atoms with Gasteiger partial charge in [-0.05, 0) is 71.8 Å². The summed E-state index contributed by atoms with van der Waals surface area (Å²) in [5.41, 5.74) is 8.06. The van der Waals surface area contributed by atoms with Gasteiger partial charge in [-0.2, -0.15) is 0 Å². The molecule has 9 heteroatoms. The number of benzene rings is 3. The Morgan fingerprint density at radius 1 is 1.06 bits per heavy atom. The highest BCUT2D eigenvalue weighted by Crippen LogP contribution is 2.35. The Labute approximate surface area is 218 Å². The number of rotatable bonds is 8.